The Labute approximate surface area is 120 Å². The molecule has 0 saturated carbocycles. The van der Waals surface area contributed by atoms with Crippen molar-refractivity contribution >= 4 is 21.8 Å². The zero-order valence-corrected chi connectivity index (χ0v) is 12.8. The van der Waals surface area contributed by atoms with Crippen molar-refractivity contribution in [2.75, 3.05) is 18.4 Å². The summed E-state index contributed by atoms with van der Waals surface area (Å²) in [5, 5.41) is 0.629. The van der Waals surface area contributed by atoms with Crippen molar-refractivity contribution in [2.45, 2.75) is 26.7 Å². The molecule has 0 aliphatic rings. The Kier molecular flexibility index (Phi) is 6.42. The number of benzene rings is 1. The molecule has 106 valence electrons. The number of nitrogens with zero attached hydrogens (tertiary/aromatic N) is 1. The predicted octanol–water partition coefficient (Wildman–Crippen LogP) is 3.91. The molecule has 0 radical (unpaired) electrons. The molecule has 0 atom stereocenters. The number of aryl methyl sites for hydroxylation is 1. The molecule has 0 unspecified atom stereocenters. The number of amides is 1. The molecule has 0 bridgehead atoms. The van der Waals surface area contributed by atoms with Gasteiger partial charge in [0, 0.05) is 24.5 Å². The fraction of sp³-hybridized carbons (Fsp3) is 0.500. The van der Waals surface area contributed by atoms with Crippen molar-refractivity contribution in [3.8, 4) is 0 Å². The smallest absolute Gasteiger partial charge is 0.256 e. The maximum atomic E-state index is 13.7. The van der Waals surface area contributed by atoms with E-state index in [0.29, 0.717) is 18.4 Å². The average Bonchev–Trinajstić information content (AvgIpc) is 2.38. The third-order valence-corrected chi connectivity index (χ3v) is 3.26. The van der Waals surface area contributed by atoms with Crippen molar-refractivity contribution in [2.24, 2.45) is 0 Å². The van der Waals surface area contributed by atoms with Gasteiger partial charge in [-0.05, 0) is 25.0 Å². The van der Waals surface area contributed by atoms with Crippen molar-refractivity contribution in [3.63, 3.8) is 0 Å². The summed E-state index contributed by atoms with van der Waals surface area (Å²) in [6.07, 6.45) is 1.82. The van der Waals surface area contributed by atoms with E-state index >= 15 is 0 Å². The van der Waals surface area contributed by atoms with Crippen LogP contribution in [0, 0.1) is 18.6 Å². The molecule has 19 heavy (non-hydrogen) atoms. The fourth-order valence-corrected chi connectivity index (χ4v) is 2.19. The van der Waals surface area contributed by atoms with E-state index in [9.17, 15) is 13.6 Å². The SMILES string of the molecule is CCCCN(CCBr)C(=O)c1cc(C)c(F)cc1F. The van der Waals surface area contributed by atoms with Gasteiger partial charge < -0.3 is 4.90 Å². The minimum absolute atomic E-state index is 0.0593. The summed E-state index contributed by atoms with van der Waals surface area (Å²) in [6.45, 7) is 4.64. The van der Waals surface area contributed by atoms with E-state index in [-0.39, 0.29) is 17.0 Å². The molecule has 1 amide bonds. The second kappa shape index (κ2) is 7.58. The van der Waals surface area contributed by atoms with Gasteiger partial charge in [0.2, 0.25) is 0 Å². The molecule has 0 fully saturated rings. The fourth-order valence-electron chi connectivity index (χ4n) is 1.76. The van der Waals surface area contributed by atoms with Gasteiger partial charge in [0.15, 0.2) is 0 Å². The summed E-state index contributed by atoms with van der Waals surface area (Å²) < 4.78 is 26.9. The van der Waals surface area contributed by atoms with Crippen LogP contribution in [-0.4, -0.2) is 29.2 Å². The Morgan fingerprint density at radius 3 is 2.53 bits per heavy atom. The molecule has 5 heteroatoms. The van der Waals surface area contributed by atoms with Gasteiger partial charge in [0.05, 0.1) is 5.56 Å². The Morgan fingerprint density at radius 1 is 1.26 bits per heavy atom. The Hall–Kier alpha value is -0.970. The number of rotatable bonds is 6. The van der Waals surface area contributed by atoms with Crippen LogP contribution in [0.3, 0.4) is 0 Å². The lowest BCUT2D eigenvalue weighted by Crippen LogP contribution is -2.34. The highest BCUT2D eigenvalue weighted by molar-refractivity contribution is 9.09. The Morgan fingerprint density at radius 2 is 1.95 bits per heavy atom. The third kappa shape index (κ3) is 4.27. The first-order valence-corrected chi connectivity index (χ1v) is 7.44. The first-order valence-electron chi connectivity index (χ1n) is 6.32. The van der Waals surface area contributed by atoms with Crippen LogP contribution in [0.5, 0.6) is 0 Å². The van der Waals surface area contributed by atoms with Crippen LogP contribution < -0.4 is 0 Å². The third-order valence-electron chi connectivity index (χ3n) is 2.90. The van der Waals surface area contributed by atoms with E-state index in [1.165, 1.54) is 13.0 Å². The summed E-state index contributed by atoms with van der Waals surface area (Å²) in [6, 6.07) is 2.05. The Bertz CT molecular complexity index is 451. The van der Waals surface area contributed by atoms with Crippen molar-refractivity contribution in [1.82, 2.24) is 4.90 Å². The number of carbonyl (C=O) groups is 1. The summed E-state index contributed by atoms with van der Waals surface area (Å²) >= 11 is 3.28. The first-order chi connectivity index (χ1) is 9.01. The van der Waals surface area contributed by atoms with E-state index < -0.39 is 11.6 Å². The van der Waals surface area contributed by atoms with Gasteiger partial charge in [-0.25, -0.2) is 8.78 Å². The first kappa shape index (κ1) is 16.1. The monoisotopic (exact) mass is 333 g/mol. The highest BCUT2D eigenvalue weighted by Crippen LogP contribution is 2.16. The summed E-state index contributed by atoms with van der Waals surface area (Å²) in [7, 11) is 0. The molecule has 0 spiro atoms. The number of carbonyl (C=O) groups excluding carboxylic acids is 1. The van der Waals surface area contributed by atoms with Gasteiger partial charge in [-0.15, -0.1) is 0 Å². The molecule has 1 aromatic carbocycles. The zero-order chi connectivity index (χ0) is 14.4. The van der Waals surface area contributed by atoms with E-state index in [1.807, 2.05) is 6.92 Å². The van der Waals surface area contributed by atoms with E-state index in [0.717, 1.165) is 18.9 Å². The minimum atomic E-state index is -0.802. The van der Waals surface area contributed by atoms with Gasteiger partial charge >= 0.3 is 0 Å². The topological polar surface area (TPSA) is 20.3 Å². The molecule has 0 aliphatic heterocycles. The second-order valence-corrected chi connectivity index (χ2v) is 5.21. The van der Waals surface area contributed by atoms with Crippen LogP contribution in [0.4, 0.5) is 8.78 Å². The molecular formula is C14H18BrF2NO. The normalized spacial score (nSPS) is 10.6. The van der Waals surface area contributed by atoms with Gasteiger partial charge in [-0.2, -0.15) is 0 Å². The van der Waals surface area contributed by atoms with Crippen LogP contribution in [0.1, 0.15) is 35.7 Å². The number of hydrogen-bond acceptors (Lipinski definition) is 1. The lowest BCUT2D eigenvalue weighted by Gasteiger charge is -2.22. The summed E-state index contributed by atoms with van der Waals surface area (Å²) in [5.41, 5.74) is 0.218. The number of alkyl halides is 1. The molecule has 2 nitrogen and oxygen atoms in total. The highest BCUT2D eigenvalue weighted by Gasteiger charge is 2.20. The highest BCUT2D eigenvalue weighted by atomic mass is 79.9. The molecule has 0 saturated heterocycles. The Balaban J connectivity index is 2.98. The largest absolute Gasteiger partial charge is 0.338 e. The van der Waals surface area contributed by atoms with Crippen LogP contribution in [-0.2, 0) is 0 Å². The standard InChI is InChI=1S/C14H18BrF2NO/c1-3-4-6-18(7-5-15)14(19)11-8-10(2)12(16)9-13(11)17/h8-9H,3-7H2,1-2H3. The molecule has 0 aromatic heterocycles. The van der Waals surface area contributed by atoms with Gasteiger partial charge in [-0.3, -0.25) is 4.79 Å². The maximum absolute atomic E-state index is 13.7. The minimum Gasteiger partial charge on any atom is -0.338 e. The lowest BCUT2D eigenvalue weighted by atomic mass is 10.1. The van der Waals surface area contributed by atoms with Gasteiger partial charge in [0.1, 0.15) is 11.6 Å². The van der Waals surface area contributed by atoms with Crippen LogP contribution in [0.25, 0.3) is 0 Å². The molecule has 0 heterocycles. The number of halogens is 3. The molecule has 1 aromatic rings. The molecule has 1 rings (SSSR count). The van der Waals surface area contributed by atoms with Crippen molar-refractivity contribution in [3.05, 3.63) is 34.9 Å². The number of unbranched alkanes of at least 4 members (excludes halogenated alkanes) is 1. The predicted molar refractivity (Wildman–Crippen MR) is 75.7 cm³/mol. The number of hydrogen-bond donors (Lipinski definition) is 0. The lowest BCUT2D eigenvalue weighted by molar-refractivity contribution is 0.0759. The summed E-state index contributed by atoms with van der Waals surface area (Å²) in [4.78, 5) is 13.9. The average molecular weight is 334 g/mol. The second-order valence-electron chi connectivity index (χ2n) is 4.42. The van der Waals surface area contributed by atoms with Crippen LogP contribution in [0.2, 0.25) is 0 Å². The van der Waals surface area contributed by atoms with Crippen molar-refractivity contribution in [1.29, 1.82) is 0 Å². The van der Waals surface area contributed by atoms with Crippen LogP contribution in [0.15, 0.2) is 12.1 Å². The quantitative estimate of drug-likeness (QED) is 0.723. The molecule has 0 N–H and O–H groups in total. The molecule has 0 aliphatic carbocycles. The maximum Gasteiger partial charge on any atom is 0.256 e. The molecular weight excluding hydrogens is 316 g/mol. The van der Waals surface area contributed by atoms with E-state index in [4.69, 9.17) is 0 Å². The zero-order valence-electron chi connectivity index (χ0n) is 11.2. The van der Waals surface area contributed by atoms with Gasteiger partial charge in [-0.1, -0.05) is 29.3 Å². The van der Waals surface area contributed by atoms with Crippen LogP contribution >= 0.6 is 15.9 Å². The van der Waals surface area contributed by atoms with Gasteiger partial charge in [0.25, 0.3) is 5.91 Å². The van der Waals surface area contributed by atoms with E-state index in [2.05, 4.69) is 15.9 Å². The van der Waals surface area contributed by atoms with E-state index in [1.54, 1.807) is 4.90 Å². The summed E-state index contributed by atoms with van der Waals surface area (Å²) in [5.74, 6) is -1.81. The van der Waals surface area contributed by atoms with Crippen molar-refractivity contribution < 1.29 is 13.6 Å².